The Hall–Kier alpha value is -0.660. The van der Waals surface area contributed by atoms with Crippen molar-refractivity contribution in [2.75, 3.05) is 20.3 Å². The molecular formula is C13H21ClN2O3S. The van der Waals surface area contributed by atoms with Crippen LogP contribution in [0.2, 0.25) is 5.02 Å². The first-order valence-electron chi connectivity index (χ1n) is 6.33. The molecule has 0 aliphatic rings. The highest BCUT2D eigenvalue weighted by Crippen LogP contribution is 2.26. The summed E-state index contributed by atoms with van der Waals surface area (Å²) in [5.41, 5.74) is 6.28. The molecule has 2 N–H and O–H groups in total. The van der Waals surface area contributed by atoms with Gasteiger partial charge in [0.25, 0.3) is 0 Å². The highest BCUT2D eigenvalue weighted by molar-refractivity contribution is 7.89. The molecule has 0 bridgehead atoms. The van der Waals surface area contributed by atoms with E-state index in [1.807, 2.05) is 13.8 Å². The summed E-state index contributed by atoms with van der Waals surface area (Å²) < 4.78 is 31.8. The Bertz CT molecular complexity index is 547. The minimum atomic E-state index is -3.67. The number of ether oxygens (including phenoxy) is 1. The zero-order chi connectivity index (χ0) is 15.3. The molecule has 0 aliphatic heterocycles. The molecule has 0 saturated carbocycles. The molecule has 0 atom stereocenters. The molecule has 0 heterocycles. The van der Waals surface area contributed by atoms with Crippen LogP contribution < -0.4 is 5.73 Å². The molecule has 1 aromatic rings. The van der Waals surface area contributed by atoms with Crippen LogP contribution in [0, 0.1) is 0 Å². The molecule has 0 aliphatic carbocycles. The number of benzene rings is 1. The smallest absolute Gasteiger partial charge is 0.244 e. The maximum Gasteiger partial charge on any atom is 0.244 e. The third-order valence-electron chi connectivity index (χ3n) is 2.91. The second-order valence-corrected chi connectivity index (χ2v) is 6.94. The normalized spacial score (nSPS) is 12.3. The molecule has 1 aromatic carbocycles. The summed E-state index contributed by atoms with van der Waals surface area (Å²) in [4.78, 5) is 0.0897. The fourth-order valence-electron chi connectivity index (χ4n) is 1.84. The highest BCUT2D eigenvalue weighted by atomic mass is 35.5. The van der Waals surface area contributed by atoms with Crippen molar-refractivity contribution in [2.24, 2.45) is 5.73 Å². The standard InChI is InChI=1S/C13H21ClN2O3S/c1-10(2)16(6-7-19-3)20(17,18)13-8-11(9-15)4-5-12(13)14/h4-5,8,10H,6-7,9,15H2,1-3H3. The van der Waals surface area contributed by atoms with Crippen molar-refractivity contribution in [2.45, 2.75) is 31.3 Å². The molecule has 0 unspecified atom stereocenters. The molecule has 5 nitrogen and oxygen atoms in total. The number of sulfonamides is 1. The summed E-state index contributed by atoms with van der Waals surface area (Å²) in [6.45, 7) is 4.49. The van der Waals surface area contributed by atoms with E-state index in [0.29, 0.717) is 6.61 Å². The Labute approximate surface area is 125 Å². The van der Waals surface area contributed by atoms with Gasteiger partial charge < -0.3 is 10.5 Å². The minimum absolute atomic E-state index is 0.0897. The van der Waals surface area contributed by atoms with Gasteiger partial charge in [0.05, 0.1) is 11.6 Å². The maximum atomic E-state index is 12.7. The van der Waals surface area contributed by atoms with Gasteiger partial charge in [0.2, 0.25) is 10.0 Å². The van der Waals surface area contributed by atoms with Crippen LogP contribution in [-0.4, -0.2) is 39.0 Å². The lowest BCUT2D eigenvalue weighted by Gasteiger charge is -2.26. The molecule has 0 saturated heterocycles. The third kappa shape index (κ3) is 3.93. The number of nitrogens with two attached hydrogens (primary N) is 1. The van der Waals surface area contributed by atoms with Crippen LogP contribution in [0.4, 0.5) is 0 Å². The Morgan fingerprint density at radius 3 is 2.55 bits per heavy atom. The van der Waals surface area contributed by atoms with Crippen molar-refractivity contribution >= 4 is 21.6 Å². The predicted octanol–water partition coefficient (Wildman–Crippen LogP) is 1.84. The lowest BCUT2D eigenvalue weighted by Crippen LogP contribution is -2.39. The number of halogens is 1. The van der Waals surface area contributed by atoms with Gasteiger partial charge in [-0.05, 0) is 31.5 Å². The monoisotopic (exact) mass is 320 g/mol. The van der Waals surface area contributed by atoms with Gasteiger partial charge in [0.1, 0.15) is 4.90 Å². The predicted molar refractivity (Wildman–Crippen MR) is 80.2 cm³/mol. The lowest BCUT2D eigenvalue weighted by atomic mass is 10.2. The molecule has 0 radical (unpaired) electrons. The molecule has 0 amide bonds. The molecule has 0 aromatic heterocycles. The summed E-state index contributed by atoms with van der Waals surface area (Å²) >= 11 is 6.04. The molecule has 114 valence electrons. The number of nitrogens with zero attached hydrogens (tertiary/aromatic N) is 1. The van der Waals surface area contributed by atoms with E-state index in [1.165, 1.54) is 17.5 Å². The SMILES string of the molecule is COCCN(C(C)C)S(=O)(=O)c1cc(CN)ccc1Cl. The Kier molecular flexibility index (Phi) is 6.42. The van der Waals surface area contributed by atoms with E-state index in [1.54, 1.807) is 12.1 Å². The van der Waals surface area contributed by atoms with Crippen LogP contribution in [0.25, 0.3) is 0 Å². The van der Waals surface area contributed by atoms with Gasteiger partial charge in [-0.25, -0.2) is 8.42 Å². The average Bonchev–Trinajstić information content (AvgIpc) is 2.38. The summed E-state index contributed by atoms with van der Waals surface area (Å²) in [6, 6.07) is 4.62. The highest BCUT2D eigenvalue weighted by Gasteiger charge is 2.28. The van der Waals surface area contributed by atoms with Gasteiger partial charge in [-0.1, -0.05) is 17.7 Å². The van der Waals surface area contributed by atoms with Crippen molar-refractivity contribution in [3.8, 4) is 0 Å². The first kappa shape index (κ1) is 17.4. The Balaban J connectivity index is 3.25. The van der Waals surface area contributed by atoms with E-state index in [4.69, 9.17) is 22.1 Å². The maximum absolute atomic E-state index is 12.7. The molecule has 0 spiro atoms. The van der Waals surface area contributed by atoms with E-state index >= 15 is 0 Å². The number of methoxy groups -OCH3 is 1. The van der Waals surface area contributed by atoms with Gasteiger partial charge in [-0.15, -0.1) is 0 Å². The van der Waals surface area contributed by atoms with Crippen molar-refractivity contribution < 1.29 is 13.2 Å². The van der Waals surface area contributed by atoms with Crippen LogP contribution in [0.15, 0.2) is 23.1 Å². The topological polar surface area (TPSA) is 72.6 Å². The second kappa shape index (κ2) is 7.38. The van der Waals surface area contributed by atoms with E-state index in [2.05, 4.69) is 0 Å². The summed E-state index contributed by atoms with van der Waals surface area (Å²) in [5.74, 6) is 0. The lowest BCUT2D eigenvalue weighted by molar-refractivity contribution is 0.171. The van der Waals surface area contributed by atoms with Gasteiger partial charge >= 0.3 is 0 Å². The molecular weight excluding hydrogens is 300 g/mol. The summed E-state index contributed by atoms with van der Waals surface area (Å²) in [5, 5.41) is 0.199. The van der Waals surface area contributed by atoms with E-state index < -0.39 is 10.0 Å². The quantitative estimate of drug-likeness (QED) is 0.832. The first-order valence-corrected chi connectivity index (χ1v) is 8.15. The van der Waals surface area contributed by atoms with E-state index in [0.717, 1.165) is 5.56 Å². The van der Waals surface area contributed by atoms with E-state index in [9.17, 15) is 8.42 Å². The number of hydrogen-bond donors (Lipinski definition) is 1. The van der Waals surface area contributed by atoms with E-state index in [-0.39, 0.29) is 29.0 Å². The first-order chi connectivity index (χ1) is 9.34. The Morgan fingerprint density at radius 1 is 1.40 bits per heavy atom. The third-order valence-corrected chi connectivity index (χ3v) is 5.47. The van der Waals surface area contributed by atoms with Crippen LogP contribution in [0.5, 0.6) is 0 Å². The van der Waals surface area contributed by atoms with Crippen molar-refractivity contribution in [1.82, 2.24) is 4.31 Å². The van der Waals surface area contributed by atoms with Crippen LogP contribution in [0.1, 0.15) is 19.4 Å². The fraction of sp³-hybridized carbons (Fsp3) is 0.538. The molecule has 20 heavy (non-hydrogen) atoms. The average molecular weight is 321 g/mol. The number of rotatable bonds is 7. The minimum Gasteiger partial charge on any atom is -0.383 e. The fourth-order valence-corrected chi connectivity index (χ4v) is 3.98. The largest absolute Gasteiger partial charge is 0.383 e. The number of hydrogen-bond acceptors (Lipinski definition) is 4. The Morgan fingerprint density at radius 2 is 2.05 bits per heavy atom. The van der Waals surface area contributed by atoms with Crippen molar-refractivity contribution in [3.63, 3.8) is 0 Å². The van der Waals surface area contributed by atoms with Crippen LogP contribution in [0.3, 0.4) is 0 Å². The van der Waals surface area contributed by atoms with Crippen LogP contribution >= 0.6 is 11.6 Å². The van der Waals surface area contributed by atoms with Crippen molar-refractivity contribution in [1.29, 1.82) is 0 Å². The van der Waals surface area contributed by atoms with Gasteiger partial charge in [-0.2, -0.15) is 4.31 Å². The molecule has 1 rings (SSSR count). The van der Waals surface area contributed by atoms with Crippen LogP contribution in [-0.2, 0) is 21.3 Å². The zero-order valence-electron chi connectivity index (χ0n) is 12.0. The van der Waals surface area contributed by atoms with Gasteiger partial charge in [0.15, 0.2) is 0 Å². The second-order valence-electron chi connectivity index (χ2n) is 4.67. The van der Waals surface area contributed by atoms with Crippen molar-refractivity contribution in [3.05, 3.63) is 28.8 Å². The molecule has 7 heteroatoms. The van der Waals surface area contributed by atoms with Gasteiger partial charge in [-0.3, -0.25) is 0 Å². The summed E-state index contributed by atoms with van der Waals surface area (Å²) in [6.07, 6.45) is 0. The molecule has 0 fully saturated rings. The van der Waals surface area contributed by atoms with Gasteiger partial charge in [0, 0.05) is 26.2 Å². The zero-order valence-corrected chi connectivity index (χ0v) is 13.5. The summed E-state index contributed by atoms with van der Waals surface area (Å²) in [7, 11) is -2.14.